The van der Waals surface area contributed by atoms with E-state index < -0.39 is 11.9 Å². The quantitative estimate of drug-likeness (QED) is 0.485. The molecule has 6 nitrogen and oxygen atoms in total. The molecule has 1 N–H and O–H groups in total. The maximum Gasteiger partial charge on any atom is 0.336 e. The van der Waals surface area contributed by atoms with Crippen molar-refractivity contribution in [2.75, 3.05) is 19.7 Å². The number of hydrogen-bond acceptors (Lipinski definition) is 4. The van der Waals surface area contributed by atoms with E-state index in [4.69, 9.17) is 39.5 Å². The highest BCUT2D eigenvalue weighted by Crippen LogP contribution is 2.37. The van der Waals surface area contributed by atoms with Gasteiger partial charge in [-0.1, -0.05) is 53.0 Å². The number of esters is 1. The summed E-state index contributed by atoms with van der Waals surface area (Å²) < 4.78 is 5.27. The SMILES string of the molecule is CCOC(=O)C1=C(C)N(CC(=O)NCCc2ccc(Cl)cc2Cl)C(=O)CC1c1cccc(Cl)c1. The third-order valence-corrected chi connectivity index (χ3v) is 6.42. The molecular formula is C25H25Cl3N2O4. The summed E-state index contributed by atoms with van der Waals surface area (Å²) in [6.07, 6.45) is 0.537. The molecule has 0 fully saturated rings. The lowest BCUT2D eigenvalue weighted by Gasteiger charge is -2.34. The normalized spacial score (nSPS) is 16.0. The smallest absolute Gasteiger partial charge is 0.336 e. The highest BCUT2D eigenvalue weighted by Gasteiger charge is 2.37. The van der Waals surface area contributed by atoms with Gasteiger partial charge in [-0.2, -0.15) is 0 Å². The number of benzene rings is 2. The lowest BCUT2D eigenvalue weighted by Crippen LogP contribution is -2.44. The molecule has 2 aromatic carbocycles. The maximum absolute atomic E-state index is 13.0. The molecule has 0 spiro atoms. The first kappa shape index (κ1) is 26.1. The van der Waals surface area contributed by atoms with Gasteiger partial charge in [0.2, 0.25) is 11.8 Å². The van der Waals surface area contributed by atoms with Gasteiger partial charge in [0.1, 0.15) is 6.54 Å². The minimum Gasteiger partial charge on any atom is -0.463 e. The Morgan fingerprint density at radius 1 is 1.12 bits per heavy atom. The Kier molecular flexibility index (Phi) is 9.00. The van der Waals surface area contributed by atoms with E-state index in [1.807, 2.05) is 6.07 Å². The van der Waals surface area contributed by atoms with E-state index in [-0.39, 0.29) is 31.4 Å². The second-order valence-electron chi connectivity index (χ2n) is 7.85. The fourth-order valence-corrected chi connectivity index (χ4v) is 4.65. The van der Waals surface area contributed by atoms with Crippen molar-refractivity contribution < 1.29 is 19.1 Å². The lowest BCUT2D eigenvalue weighted by atomic mass is 9.83. The number of carbonyl (C=O) groups is 3. The fourth-order valence-electron chi connectivity index (χ4n) is 3.95. The van der Waals surface area contributed by atoms with Gasteiger partial charge in [0, 0.05) is 39.6 Å². The number of amides is 2. The van der Waals surface area contributed by atoms with Crippen LogP contribution in [0.15, 0.2) is 53.7 Å². The van der Waals surface area contributed by atoms with Gasteiger partial charge in [0.15, 0.2) is 0 Å². The first-order chi connectivity index (χ1) is 16.2. The van der Waals surface area contributed by atoms with Crippen LogP contribution in [0.25, 0.3) is 0 Å². The van der Waals surface area contributed by atoms with Gasteiger partial charge in [-0.3, -0.25) is 9.59 Å². The first-order valence-electron chi connectivity index (χ1n) is 10.9. The van der Waals surface area contributed by atoms with Gasteiger partial charge < -0.3 is 15.0 Å². The van der Waals surface area contributed by atoms with Crippen LogP contribution >= 0.6 is 34.8 Å². The molecule has 2 aromatic rings. The number of ether oxygens (including phenoxy) is 1. The number of nitrogens with one attached hydrogen (secondary N) is 1. The molecule has 0 aliphatic carbocycles. The first-order valence-corrected chi connectivity index (χ1v) is 12.0. The number of halogens is 3. The van der Waals surface area contributed by atoms with Gasteiger partial charge in [-0.15, -0.1) is 0 Å². The van der Waals surface area contributed by atoms with Crippen molar-refractivity contribution in [2.45, 2.75) is 32.6 Å². The third kappa shape index (κ3) is 6.32. The Morgan fingerprint density at radius 2 is 1.85 bits per heavy atom. The van der Waals surface area contributed by atoms with Crippen molar-refractivity contribution in [3.05, 3.63) is 79.9 Å². The number of carbonyl (C=O) groups excluding carboxylic acids is 3. The average molecular weight is 524 g/mol. The Balaban J connectivity index is 1.75. The Hall–Kier alpha value is -2.54. The zero-order chi connectivity index (χ0) is 24.8. The van der Waals surface area contributed by atoms with E-state index in [1.165, 1.54) is 4.90 Å². The van der Waals surface area contributed by atoms with Gasteiger partial charge in [-0.25, -0.2) is 4.79 Å². The van der Waals surface area contributed by atoms with Crippen molar-refractivity contribution in [3.63, 3.8) is 0 Å². The molecule has 34 heavy (non-hydrogen) atoms. The van der Waals surface area contributed by atoms with Gasteiger partial charge in [0.25, 0.3) is 0 Å². The van der Waals surface area contributed by atoms with Crippen LogP contribution in [0, 0.1) is 0 Å². The Bertz CT molecular complexity index is 1130. The second-order valence-corrected chi connectivity index (χ2v) is 9.13. The van der Waals surface area contributed by atoms with E-state index >= 15 is 0 Å². The molecule has 0 bridgehead atoms. The number of nitrogens with zero attached hydrogens (tertiary/aromatic N) is 1. The van der Waals surface area contributed by atoms with Crippen LogP contribution in [0.1, 0.15) is 37.3 Å². The van der Waals surface area contributed by atoms with Crippen LogP contribution in [0.4, 0.5) is 0 Å². The fraction of sp³-hybridized carbons (Fsp3) is 0.320. The molecule has 9 heteroatoms. The summed E-state index contributed by atoms with van der Waals surface area (Å²) in [5.74, 6) is -1.62. The topological polar surface area (TPSA) is 75.7 Å². The van der Waals surface area contributed by atoms with E-state index in [1.54, 1.807) is 50.2 Å². The predicted octanol–water partition coefficient (Wildman–Crippen LogP) is 5.16. The van der Waals surface area contributed by atoms with E-state index in [0.717, 1.165) is 11.1 Å². The zero-order valence-corrected chi connectivity index (χ0v) is 21.1. The Morgan fingerprint density at radius 3 is 2.53 bits per heavy atom. The van der Waals surface area contributed by atoms with E-state index in [2.05, 4.69) is 5.32 Å². The molecule has 3 rings (SSSR count). The molecule has 0 radical (unpaired) electrons. The van der Waals surface area contributed by atoms with Crippen molar-refractivity contribution in [1.82, 2.24) is 10.2 Å². The average Bonchev–Trinajstić information content (AvgIpc) is 2.78. The van der Waals surface area contributed by atoms with Crippen molar-refractivity contribution in [2.24, 2.45) is 0 Å². The molecular weight excluding hydrogens is 499 g/mol. The summed E-state index contributed by atoms with van der Waals surface area (Å²) in [5.41, 5.74) is 2.35. The van der Waals surface area contributed by atoms with E-state index in [0.29, 0.717) is 39.3 Å². The second kappa shape index (κ2) is 11.7. The third-order valence-electron chi connectivity index (χ3n) is 5.60. The van der Waals surface area contributed by atoms with Crippen molar-refractivity contribution in [3.8, 4) is 0 Å². The largest absolute Gasteiger partial charge is 0.463 e. The standard InChI is InChI=1S/C25H25Cl3N2O4/c1-3-34-25(33)24-15(2)30(23(32)13-20(24)17-5-4-6-18(26)11-17)14-22(31)29-10-9-16-7-8-19(27)12-21(16)28/h4-8,11-12,20H,3,9-10,13-14H2,1-2H3,(H,29,31). The van der Waals surface area contributed by atoms with Crippen LogP contribution in [-0.4, -0.2) is 42.4 Å². The lowest BCUT2D eigenvalue weighted by molar-refractivity contribution is -0.141. The van der Waals surface area contributed by atoms with Gasteiger partial charge in [0.05, 0.1) is 12.2 Å². The summed E-state index contributed by atoms with van der Waals surface area (Å²) in [4.78, 5) is 39.8. The van der Waals surface area contributed by atoms with Gasteiger partial charge in [-0.05, 0) is 55.7 Å². The van der Waals surface area contributed by atoms with Crippen LogP contribution in [0.3, 0.4) is 0 Å². The molecule has 1 heterocycles. The number of hydrogen-bond donors (Lipinski definition) is 1. The molecule has 0 saturated carbocycles. The molecule has 2 amide bonds. The molecule has 1 atom stereocenters. The van der Waals surface area contributed by atoms with Crippen LogP contribution < -0.4 is 5.32 Å². The highest BCUT2D eigenvalue weighted by molar-refractivity contribution is 6.35. The van der Waals surface area contributed by atoms with Gasteiger partial charge >= 0.3 is 5.97 Å². The molecule has 0 saturated heterocycles. The summed E-state index contributed by atoms with van der Waals surface area (Å²) >= 11 is 18.2. The monoisotopic (exact) mass is 522 g/mol. The molecule has 1 aliphatic heterocycles. The summed E-state index contributed by atoms with van der Waals surface area (Å²) in [5, 5.41) is 4.37. The number of rotatable bonds is 8. The summed E-state index contributed by atoms with van der Waals surface area (Å²) in [6, 6.07) is 12.2. The predicted molar refractivity (Wildman–Crippen MR) is 133 cm³/mol. The molecule has 0 aromatic heterocycles. The van der Waals surface area contributed by atoms with E-state index in [9.17, 15) is 14.4 Å². The van der Waals surface area contributed by atoms with Crippen molar-refractivity contribution >= 4 is 52.6 Å². The number of allylic oxidation sites excluding steroid dienone is 1. The van der Waals surface area contributed by atoms with Crippen molar-refractivity contribution in [1.29, 1.82) is 0 Å². The zero-order valence-electron chi connectivity index (χ0n) is 18.9. The van der Waals surface area contributed by atoms with Crippen LogP contribution in [0.5, 0.6) is 0 Å². The summed E-state index contributed by atoms with van der Waals surface area (Å²) in [7, 11) is 0. The molecule has 1 aliphatic rings. The van der Waals surface area contributed by atoms with Crippen LogP contribution in [0.2, 0.25) is 15.1 Å². The minimum atomic E-state index is -0.514. The maximum atomic E-state index is 13.0. The molecule has 1 unspecified atom stereocenters. The van der Waals surface area contributed by atoms with Crippen LogP contribution in [-0.2, 0) is 25.5 Å². The molecule has 180 valence electrons. The highest BCUT2D eigenvalue weighted by atomic mass is 35.5. The summed E-state index contributed by atoms with van der Waals surface area (Å²) in [6.45, 7) is 3.69. The minimum absolute atomic E-state index is 0.0273. The Labute approximate surface area is 213 Å².